The Morgan fingerprint density at radius 1 is 1.27 bits per heavy atom. The van der Waals surface area contributed by atoms with Crippen LogP contribution in [-0.2, 0) is 4.79 Å². The second-order valence-electron chi connectivity index (χ2n) is 9.57. The molecule has 8 heteroatoms. The van der Waals surface area contributed by atoms with Crippen LogP contribution in [0.4, 0.5) is 5.95 Å². The van der Waals surface area contributed by atoms with Crippen LogP contribution >= 0.6 is 0 Å². The van der Waals surface area contributed by atoms with Crippen LogP contribution in [0.3, 0.4) is 0 Å². The summed E-state index contributed by atoms with van der Waals surface area (Å²) < 4.78 is 0. The van der Waals surface area contributed by atoms with Gasteiger partial charge in [-0.05, 0) is 32.0 Å². The number of aromatic nitrogens is 3. The van der Waals surface area contributed by atoms with E-state index in [4.69, 9.17) is 4.98 Å². The molecule has 0 saturated carbocycles. The van der Waals surface area contributed by atoms with Gasteiger partial charge in [-0.25, -0.2) is 9.97 Å². The highest BCUT2D eigenvalue weighted by molar-refractivity contribution is 6.01. The van der Waals surface area contributed by atoms with E-state index in [9.17, 15) is 9.59 Å². The number of amides is 1. The molecule has 8 nitrogen and oxygen atoms in total. The lowest BCUT2D eigenvalue weighted by Crippen LogP contribution is -2.55. The molecule has 2 aromatic rings. The van der Waals surface area contributed by atoms with E-state index in [1.165, 1.54) is 0 Å². The summed E-state index contributed by atoms with van der Waals surface area (Å²) >= 11 is 0. The summed E-state index contributed by atoms with van der Waals surface area (Å²) in [6, 6.07) is 3.96. The minimum Gasteiger partial charge on any atom is -0.357 e. The highest BCUT2D eigenvalue weighted by Crippen LogP contribution is 2.34. The third kappa shape index (κ3) is 5.38. The number of carbonyl (C=O) groups is 2. The summed E-state index contributed by atoms with van der Waals surface area (Å²) in [7, 11) is 2.06. The second kappa shape index (κ2) is 10.4. The van der Waals surface area contributed by atoms with Gasteiger partial charge in [-0.1, -0.05) is 34.1 Å². The lowest BCUT2D eigenvalue weighted by atomic mass is 9.73. The first-order chi connectivity index (χ1) is 15.7. The molecule has 1 aliphatic rings. The van der Waals surface area contributed by atoms with Gasteiger partial charge in [-0.15, -0.1) is 0 Å². The molecule has 3 rings (SSSR count). The average Bonchev–Trinajstić information content (AvgIpc) is 2.82. The fraction of sp³-hybridized carbons (Fsp3) is 0.560. The van der Waals surface area contributed by atoms with Crippen molar-refractivity contribution in [1.82, 2.24) is 25.2 Å². The van der Waals surface area contributed by atoms with E-state index in [1.54, 1.807) is 12.4 Å². The Labute approximate surface area is 196 Å². The quantitative estimate of drug-likeness (QED) is 0.462. The molecule has 178 valence electrons. The van der Waals surface area contributed by atoms with Crippen LogP contribution in [0.15, 0.2) is 24.5 Å². The first kappa shape index (κ1) is 24.8. The Morgan fingerprint density at radius 2 is 1.97 bits per heavy atom. The van der Waals surface area contributed by atoms with Gasteiger partial charge in [0.15, 0.2) is 5.78 Å². The number of ketones is 1. The molecule has 0 aliphatic carbocycles. The number of hydrogen-bond donors (Lipinski definition) is 1. The Hall–Kier alpha value is -2.87. The standard InChI is InChI=1S/C25H36N6O2/c1-7-17(2)25(4,5)23(33)21-8-9-22(29-18(21)3)19-12-27-24(28-13-19)31-11-10-30(6)20(15-31)14-26-16-32/h8-9,12-13,16-17,20H,7,10-11,14-15H2,1-6H3,(H,26,32). The van der Waals surface area contributed by atoms with Crippen LogP contribution in [0.5, 0.6) is 0 Å². The molecule has 1 aliphatic heterocycles. The van der Waals surface area contributed by atoms with Crippen LogP contribution in [-0.4, -0.2) is 71.3 Å². The van der Waals surface area contributed by atoms with Crippen molar-refractivity contribution in [2.45, 2.75) is 47.1 Å². The maximum absolute atomic E-state index is 13.2. The lowest BCUT2D eigenvalue weighted by molar-refractivity contribution is -0.109. The van der Waals surface area contributed by atoms with Gasteiger partial charge in [0.25, 0.3) is 0 Å². The largest absolute Gasteiger partial charge is 0.357 e. The van der Waals surface area contributed by atoms with Crippen LogP contribution in [0.25, 0.3) is 11.3 Å². The van der Waals surface area contributed by atoms with Gasteiger partial charge in [-0.3, -0.25) is 19.5 Å². The summed E-state index contributed by atoms with van der Waals surface area (Å²) in [6.45, 7) is 13.2. The molecule has 2 atom stereocenters. The molecular formula is C25H36N6O2. The molecule has 3 heterocycles. The SMILES string of the molecule is CCC(C)C(C)(C)C(=O)c1ccc(-c2cnc(N3CCN(C)C(CNC=O)C3)nc2)nc1C. The summed E-state index contributed by atoms with van der Waals surface area (Å²) in [6.07, 6.45) is 5.25. The number of hydrogen-bond acceptors (Lipinski definition) is 7. The van der Waals surface area contributed by atoms with Crippen molar-refractivity contribution < 1.29 is 9.59 Å². The number of nitrogens with zero attached hydrogens (tertiary/aromatic N) is 5. The van der Waals surface area contributed by atoms with Gasteiger partial charge in [0.05, 0.1) is 5.69 Å². The van der Waals surface area contributed by atoms with E-state index in [0.29, 0.717) is 18.1 Å². The normalized spacial score (nSPS) is 18.1. The number of Topliss-reactive ketones (excluding diaryl/α,β-unsaturated/α-hetero) is 1. The van der Waals surface area contributed by atoms with Crippen LogP contribution in [0.1, 0.15) is 50.2 Å². The van der Waals surface area contributed by atoms with Crippen molar-refractivity contribution in [3.8, 4) is 11.3 Å². The summed E-state index contributed by atoms with van der Waals surface area (Å²) in [5, 5.41) is 2.77. The van der Waals surface area contributed by atoms with Crippen molar-refractivity contribution in [3.63, 3.8) is 0 Å². The molecule has 0 bridgehead atoms. The molecule has 2 unspecified atom stereocenters. The minimum absolute atomic E-state index is 0.133. The van der Waals surface area contributed by atoms with Crippen LogP contribution < -0.4 is 10.2 Å². The molecule has 1 fully saturated rings. The van der Waals surface area contributed by atoms with E-state index < -0.39 is 5.41 Å². The van der Waals surface area contributed by atoms with Crippen LogP contribution in [0.2, 0.25) is 0 Å². The second-order valence-corrected chi connectivity index (χ2v) is 9.57. The predicted octanol–water partition coefficient (Wildman–Crippen LogP) is 2.97. The van der Waals surface area contributed by atoms with Gasteiger partial charge >= 0.3 is 0 Å². The Kier molecular flexibility index (Phi) is 7.79. The predicted molar refractivity (Wildman–Crippen MR) is 130 cm³/mol. The molecular weight excluding hydrogens is 416 g/mol. The Bertz CT molecular complexity index is 975. The first-order valence-electron chi connectivity index (χ1n) is 11.7. The monoisotopic (exact) mass is 452 g/mol. The first-order valence-corrected chi connectivity index (χ1v) is 11.7. The summed E-state index contributed by atoms with van der Waals surface area (Å²) in [5.74, 6) is 1.09. The van der Waals surface area contributed by atoms with Gasteiger partial charge in [-0.2, -0.15) is 0 Å². The van der Waals surface area contributed by atoms with Crippen molar-refractivity contribution in [3.05, 3.63) is 35.8 Å². The molecule has 0 radical (unpaired) electrons. The third-order valence-electron chi connectivity index (χ3n) is 7.19. The van der Waals surface area contributed by atoms with E-state index in [1.807, 2.05) is 32.9 Å². The van der Waals surface area contributed by atoms with Crippen molar-refractivity contribution >= 4 is 18.1 Å². The van der Waals surface area contributed by atoms with Crippen molar-refractivity contribution in [2.24, 2.45) is 11.3 Å². The van der Waals surface area contributed by atoms with E-state index in [2.05, 4.69) is 46.0 Å². The smallest absolute Gasteiger partial charge is 0.225 e. The van der Waals surface area contributed by atoms with E-state index in [0.717, 1.165) is 49.4 Å². The number of carbonyl (C=O) groups excluding carboxylic acids is 2. The zero-order valence-corrected chi connectivity index (χ0v) is 20.6. The number of pyridine rings is 1. The van der Waals surface area contributed by atoms with Gasteiger partial charge in [0.2, 0.25) is 12.4 Å². The zero-order chi connectivity index (χ0) is 24.2. The highest BCUT2D eigenvalue weighted by atomic mass is 16.1. The number of anilines is 1. The number of rotatable bonds is 9. The average molecular weight is 453 g/mol. The lowest BCUT2D eigenvalue weighted by Gasteiger charge is -2.39. The maximum Gasteiger partial charge on any atom is 0.225 e. The van der Waals surface area contributed by atoms with Gasteiger partial charge in [0.1, 0.15) is 0 Å². The minimum atomic E-state index is -0.435. The van der Waals surface area contributed by atoms with Crippen molar-refractivity contribution in [2.75, 3.05) is 38.1 Å². The fourth-order valence-corrected chi connectivity index (χ4v) is 4.19. The Morgan fingerprint density at radius 3 is 2.58 bits per heavy atom. The molecule has 2 aromatic heterocycles. The topological polar surface area (TPSA) is 91.3 Å². The van der Waals surface area contributed by atoms with E-state index in [-0.39, 0.29) is 17.7 Å². The Balaban J connectivity index is 1.75. The third-order valence-corrected chi connectivity index (χ3v) is 7.19. The number of piperazine rings is 1. The van der Waals surface area contributed by atoms with Gasteiger partial charge < -0.3 is 10.2 Å². The molecule has 1 N–H and O–H groups in total. The number of likely N-dealkylation sites (N-methyl/N-ethyl adjacent to an activating group) is 1. The van der Waals surface area contributed by atoms with E-state index >= 15 is 0 Å². The summed E-state index contributed by atoms with van der Waals surface area (Å²) in [5.41, 5.74) is 2.53. The van der Waals surface area contributed by atoms with Gasteiger partial charge in [0, 0.05) is 66.9 Å². The zero-order valence-electron chi connectivity index (χ0n) is 20.6. The molecule has 1 amide bonds. The number of aryl methyl sites for hydroxylation is 1. The summed E-state index contributed by atoms with van der Waals surface area (Å²) in [4.78, 5) is 42.1. The maximum atomic E-state index is 13.2. The molecule has 33 heavy (non-hydrogen) atoms. The molecule has 1 saturated heterocycles. The van der Waals surface area contributed by atoms with Crippen molar-refractivity contribution in [1.29, 1.82) is 0 Å². The number of nitrogens with one attached hydrogen (secondary N) is 1. The molecule has 0 spiro atoms. The molecule has 0 aromatic carbocycles. The van der Waals surface area contributed by atoms with Crippen LogP contribution in [0, 0.1) is 18.3 Å². The highest BCUT2D eigenvalue weighted by Gasteiger charge is 2.34. The fourth-order valence-electron chi connectivity index (χ4n) is 4.19.